The Balaban J connectivity index is 1.90. The number of methoxy groups -OCH3 is 2. The maximum absolute atomic E-state index is 12.4. The number of hydrogen-bond donors (Lipinski definition) is 3. The van der Waals surface area contributed by atoms with Gasteiger partial charge in [-0.3, -0.25) is 25.8 Å². The normalized spacial score (nSPS) is 10.2. The number of nitrogens with one attached hydrogen (secondary N) is 3. The smallest absolute Gasteiger partial charge is 0.355 e. The molecule has 0 saturated carbocycles. The summed E-state index contributed by atoms with van der Waals surface area (Å²) in [4.78, 5) is 31.3. The van der Waals surface area contributed by atoms with E-state index in [9.17, 15) is 14.9 Å². The first kappa shape index (κ1) is 23.0. The highest BCUT2D eigenvalue weighted by Gasteiger charge is 2.25. The van der Waals surface area contributed by atoms with E-state index in [1.165, 1.54) is 26.4 Å². The van der Waals surface area contributed by atoms with Crippen LogP contribution in [0.4, 0.5) is 23.0 Å². The largest absolute Gasteiger partial charge is 0.495 e. The molecule has 32 heavy (non-hydrogen) atoms. The number of carbonyl (C=O) groups is 1. The van der Waals surface area contributed by atoms with Gasteiger partial charge in [-0.25, -0.2) is 9.97 Å². The maximum atomic E-state index is 12.4. The number of hydrogen-bond acceptors (Lipinski definition) is 9. The van der Waals surface area contributed by atoms with Gasteiger partial charge < -0.3 is 14.8 Å². The molecule has 166 valence electrons. The van der Waals surface area contributed by atoms with Crippen LogP contribution in [0.25, 0.3) is 0 Å². The molecule has 0 unspecified atom stereocenters. The molecule has 11 nitrogen and oxygen atoms in total. The molecule has 1 heterocycles. The molecule has 3 rings (SSSR count). The van der Waals surface area contributed by atoms with Gasteiger partial charge in [-0.1, -0.05) is 23.7 Å². The molecular weight excluding hydrogens is 508 g/mol. The van der Waals surface area contributed by atoms with Crippen molar-refractivity contribution in [3.8, 4) is 11.5 Å². The van der Waals surface area contributed by atoms with Gasteiger partial charge in [-0.2, -0.15) is 0 Å². The van der Waals surface area contributed by atoms with Gasteiger partial charge in [0.1, 0.15) is 17.8 Å². The fourth-order valence-electron chi connectivity index (χ4n) is 2.65. The molecule has 1 aromatic heterocycles. The van der Waals surface area contributed by atoms with Crippen LogP contribution < -0.4 is 25.6 Å². The quantitative estimate of drug-likeness (QED) is 0.291. The molecule has 1 amide bonds. The fourth-order valence-corrected chi connectivity index (χ4v) is 3.35. The second-order valence-electron chi connectivity index (χ2n) is 6.05. The number of benzene rings is 2. The molecule has 2 aromatic carbocycles. The Labute approximate surface area is 195 Å². The third-order valence-electron chi connectivity index (χ3n) is 4.14. The van der Waals surface area contributed by atoms with E-state index in [4.69, 9.17) is 21.1 Å². The lowest BCUT2D eigenvalue weighted by atomic mass is 10.2. The van der Waals surface area contributed by atoms with Crippen molar-refractivity contribution < 1.29 is 19.2 Å². The highest BCUT2D eigenvalue weighted by molar-refractivity contribution is 9.10. The summed E-state index contributed by atoms with van der Waals surface area (Å²) in [6.07, 6.45) is 1.10. The highest BCUT2D eigenvalue weighted by Crippen LogP contribution is 2.39. The number of amides is 1. The number of nitrogens with zero attached hydrogens (tertiary/aromatic N) is 3. The van der Waals surface area contributed by atoms with Crippen LogP contribution in [0.15, 0.2) is 47.2 Å². The molecule has 0 aliphatic rings. The van der Waals surface area contributed by atoms with Crippen molar-refractivity contribution in [2.24, 2.45) is 0 Å². The summed E-state index contributed by atoms with van der Waals surface area (Å²) >= 11 is 9.44. The van der Waals surface area contributed by atoms with E-state index in [1.54, 1.807) is 24.3 Å². The van der Waals surface area contributed by atoms with Gasteiger partial charge >= 0.3 is 5.69 Å². The SMILES string of the molecule is COc1cc(OC)c(Nc2ncnc(NNC(=O)c3ccccc3Br)c2[N+](=O)[O-])cc1Cl. The standard InChI is InChI=1S/C19H16BrClN6O5/c1-31-14-8-15(32-2)13(7-12(14)21)24-17-16(27(29)30)18(23-9-22-17)25-26-19(28)10-5-3-4-6-11(10)20/h3-9H,1-2H3,(H,26,28)(H2,22,23,24,25). The predicted octanol–water partition coefficient (Wildman–Crippen LogP) is 4.32. The first-order valence-electron chi connectivity index (χ1n) is 8.84. The number of ether oxygens (including phenoxy) is 2. The van der Waals surface area contributed by atoms with Crippen molar-refractivity contribution in [1.29, 1.82) is 0 Å². The zero-order chi connectivity index (χ0) is 23.3. The van der Waals surface area contributed by atoms with Crippen molar-refractivity contribution >= 4 is 56.4 Å². The number of anilines is 3. The fraction of sp³-hybridized carbons (Fsp3) is 0.105. The number of rotatable bonds is 8. The van der Waals surface area contributed by atoms with E-state index < -0.39 is 16.5 Å². The summed E-state index contributed by atoms with van der Waals surface area (Å²) in [6, 6.07) is 9.71. The number of aromatic nitrogens is 2. The van der Waals surface area contributed by atoms with Crippen molar-refractivity contribution in [2.45, 2.75) is 0 Å². The lowest BCUT2D eigenvalue weighted by Gasteiger charge is -2.14. The van der Waals surface area contributed by atoms with Crippen LogP contribution in [0.1, 0.15) is 10.4 Å². The van der Waals surface area contributed by atoms with Crippen LogP contribution in [-0.2, 0) is 0 Å². The molecule has 0 saturated heterocycles. The predicted molar refractivity (Wildman–Crippen MR) is 122 cm³/mol. The third-order valence-corrected chi connectivity index (χ3v) is 5.13. The number of carbonyl (C=O) groups excluding carboxylic acids is 1. The molecule has 0 fully saturated rings. The van der Waals surface area contributed by atoms with E-state index in [2.05, 4.69) is 42.1 Å². The topological polar surface area (TPSA) is 141 Å². The van der Waals surface area contributed by atoms with E-state index in [0.717, 1.165) is 6.33 Å². The summed E-state index contributed by atoms with van der Waals surface area (Å²) in [5, 5.41) is 14.8. The number of halogens is 2. The number of nitro groups is 1. The average Bonchev–Trinajstić information content (AvgIpc) is 2.77. The zero-order valence-corrected chi connectivity index (χ0v) is 19.0. The van der Waals surface area contributed by atoms with Crippen molar-refractivity contribution in [1.82, 2.24) is 15.4 Å². The average molecular weight is 524 g/mol. The lowest BCUT2D eigenvalue weighted by molar-refractivity contribution is -0.383. The van der Waals surface area contributed by atoms with Crippen LogP contribution in [0.3, 0.4) is 0 Å². The summed E-state index contributed by atoms with van der Waals surface area (Å²) in [5.41, 5.74) is 4.99. The molecule has 0 bridgehead atoms. The summed E-state index contributed by atoms with van der Waals surface area (Å²) in [6.45, 7) is 0. The van der Waals surface area contributed by atoms with Crippen LogP contribution >= 0.6 is 27.5 Å². The molecule has 3 aromatic rings. The Kier molecular flexibility index (Phi) is 7.28. The van der Waals surface area contributed by atoms with Gasteiger partial charge in [0.15, 0.2) is 0 Å². The van der Waals surface area contributed by atoms with Crippen molar-refractivity contribution in [3.05, 3.63) is 67.9 Å². The number of hydrazine groups is 1. The zero-order valence-electron chi connectivity index (χ0n) is 16.7. The second kappa shape index (κ2) is 10.1. The molecule has 0 aliphatic carbocycles. The minimum Gasteiger partial charge on any atom is -0.495 e. The Bertz CT molecular complexity index is 1180. The molecule has 0 radical (unpaired) electrons. The Hall–Kier alpha value is -3.64. The second-order valence-corrected chi connectivity index (χ2v) is 7.31. The highest BCUT2D eigenvalue weighted by atomic mass is 79.9. The summed E-state index contributed by atoms with van der Waals surface area (Å²) in [5.74, 6) is -0.226. The Morgan fingerprint density at radius 3 is 2.47 bits per heavy atom. The van der Waals surface area contributed by atoms with Crippen molar-refractivity contribution in [3.63, 3.8) is 0 Å². The monoisotopic (exact) mass is 522 g/mol. The lowest BCUT2D eigenvalue weighted by Crippen LogP contribution is -2.30. The van der Waals surface area contributed by atoms with Crippen LogP contribution in [-0.4, -0.2) is 35.0 Å². The van der Waals surface area contributed by atoms with Crippen LogP contribution in [0.5, 0.6) is 11.5 Å². The minimum absolute atomic E-state index is 0.151. The van der Waals surface area contributed by atoms with E-state index in [-0.39, 0.29) is 16.7 Å². The molecule has 0 aliphatic heterocycles. The third kappa shape index (κ3) is 4.98. The van der Waals surface area contributed by atoms with Gasteiger partial charge in [0, 0.05) is 10.5 Å². The van der Waals surface area contributed by atoms with Crippen LogP contribution in [0.2, 0.25) is 5.02 Å². The van der Waals surface area contributed by atoms with Gasteiger partial charge in [0.2, 0.25) is 11.6 Å². The first-order chi connectivity index (χ1) is 15.3. The van der Waals surface area contributed by atoms with Crippen molar-refractivity contribution in [2.75, 3.05) is 25.0 Å². The molecule has 0 atom stereocenters. The minimum atomic E-state index is -0.688. The van der Waals surface area contributed by atoms with Crippen LogP contribution in [0, 0.1) is 10.1 Å². The van der Waals surface area contributed by atoms with Gasteiger partial charge in [-0.05, 0) is 34.1 Å². The van der Waals surface area contributed by atoms with Gasteiger partial charge in [-0.15, -0.1) is 0 Å². The Morgan fingerprint density at radius 1 is 1.12 bits per heavy atom. The molecule has 13 heteroatoms. The van der Waals surface area contributed by atoms with Gasteiger partial charge in [0.05, 0.1) is 35.4 Å². The molecule has 0 spiro atoms. The summed E-state index contributed by atoms with van der Waals surface area (Å²) < 4.78 is 11.0. The van der Waals surface area contributed by atoms with E-state index >= 15 is 0 Å². The molecular formula is C19H16BrClN6O5. The van der Waals surface area contributed by atoms with E-state index in [0.29, 0.717) is 27.2 Å². The Morgan fingerprint density at radius 2 is 1.81 bits per heavy atom. The summed E-state index contributed by atoms with van der Waals surface area (Å²) in [7, 11) is 2.87. The van der Waals surface area contributed by atoms with Gasteiger partial charge in [0.25, 0.3) is 5.91 Å². The molecule has 3 N–H and O–H groups in total. The van der Waals surface area contributed by atoms with E-state index in [1.807, 2.05) is 0 Å². The first-order valence-corrected chi connectivity index (χ1v) is 10.0. The maximum Gasteiger partial charge on any atom is 0.355 e.